The maximum atomic E-state index is 4.41. The molecule has 0 spiro atoms. The third-order valence-electron chi connectivity index (χ3n) is 2.87. The van der Waals surface area contributed by atoms with Crippen molar-refractivity contribution in [1.82, 2.24) is 9.88 Å². The van der Waals surface area contributed by atoms with Crippen LogP contribution in [-0.4, -0.2) is 23.0 Å². The molecule has 0 saturated heterocycles. The van der Waals surface area contributed by atoms with Crippen molar-refractivity contribution >= 4 is 0 Å². The summed E-state index contributed by atoms with van der Waals surface area (Å²) in [4.78, 5) is 6.94. The first-order chi connectivity index (χ1) is 6.90. The summed E-state index contributed by atoms with van der Waals surface area (Å²) in [5, 5.41) is 0. The lowest BCUT2D eigenvalue weighted by Crippen LogP contribution is -2.31. The lowest BCUT2D eigenvalue weighted by molar-refractivity contribution is 0.248. The molecule has 2 heteroatoms. The molecule has 0 N–H and O–H groups in total. The number of nitrogens with zero attached hydrogens (tertiary/aromatic N) is 2. The average molecular weight is 190 g/mol. The van der Waals surface area contributed by atoms with Crippen molar-refractivity contribution in [3.63, 3.8) is 0 Å². The molecule has 0 aliphatic carbocycles. The van der Waals surface area contributed by atoms with Crippen LogP contribution in [0.3, 0.4) is 0 Å². The molecule has 0 atom stereocenters. The fourth-order valence-electron chi connectivity index (χ4n) is 2.00. The zero-order valence-electron chi connectivity index (χ0n) is 8.87. The molecule has 76 valence electrons. The lowest BCUT2D eigenvalue weighted by Gasteiger charge is -2.27. The molecule has 1 aliphatic heterocycles. The highest BCUT2D eigenvalue weighted by Gasteiger charge is 2.15. The van der Waals surface area contributed by atoms with E-state index < -0.39 is 0 Å². The Labute approximate surface area is 86.0 Å². The van der Waals surface area contributed by atoms with E-state index in [1.54, 1.807) is 0 Å². The summed E-state index contributed by atoms with van der Waals surface area (Å²) >= 11 is 0. The highest BCUT2D eigenvalue weighted by molar-refractivity contribution is 5.21. The molecule has 0 amide bonds. The minimum atomic E-state index is 1.10. The van der Waals surface area contributed by atoms with Gasteiger partial charge in [0.1, 0.15) is 0 Å². The first-order valence-electron chi connectivity index (χ1n) is 5.55. The molecule has 0 fully saturated rings. The summed E-state index contributed by atoms with van der Waals surface area (Å²) in [7, 11) is 0. The van der Waals surface area contributed by atoms with E-state index >= 15 is 0 Å². The van der Waals surface area contributed by atoms with Crippen LogP contribution in [0.4, 0.5) is 0 Å². The van der Waals surface area contributed by atoms with Crippen LogP contribution in [0.2, 0.25) is 0 Å². The van der Waals surface area contributed by atoms with Crippen LogP contribution in [0.15, 0.2) is 18.3 Å². The molecular formula is C12H18N2. The summed E-state index contributed by atoms with van der Waals surface area (Å²) in [6.07, 6.45) is 5.63. The molecule has 0 aromatic carbocycles. The fourth-order valence-corrected chi connectivity index (χ4v) is 2.00. The monoisotopic (exact) mass is 190 g/mol. The van der Waals surface area contributed by atoms with Crippen LogP contribution in [-0.2, 0) is 13.0 Å². The van der Waals surface area contributed by atoms with Gasteiger partial charge in [-0.05, 0) is 24.6 Å². The number of hydrogen-bond acceptors (Lipinski definition) is 2. The first kappa shape index (κ1) is 9.66. The standard InChI is InChI=1S/C12H18N2/c1-2-3-8-14-9-6-12-11(10-14)5-4-7-13-12/h4-5,7H,2-3,6,8-10H2,1H3. The Morgan fingerprint density at radius 1 is 1.50 bits per heavy atom. The summed E-state index contributed by atoms with van der Waals surface area (Å²) in [6, 6.07) is 4.25. The number of rotatable bonds is 3. The second-order valence-corrected chi connectivity index (χ2v) is 3.99. The molecular weight excluding hydrogens is 172 g/mol. The predicted molar refractivity (Wildman–Crippen MR) is 58.1 cm³/mol. The van der Waals surface area contributed by atoms with Crippen LogP contribution in [0.1, 0.15) is 31.0 Å². The van der Waals surface area contributed by atoms with Crippen LogP contribution in [0.5, 0.6) is 0 Å². The van der Waals surface area contributed by atoms with Gasteiger partial charge in [-0.15, -0.1) is 0 Å². The van der Waals surface area contributed by atoms with Gasteiger partial charge in [0.15, 0.2) is 0 Å². The van der Waals surface area contributed by atoms with Crippen LogP contribution in [0, 0.1) is 0 Å². The molecule has 2 heterocycles. The summed E-state index contributed by atoms with van der Waals surface area (Å²) in [6.45, 7) is 5.78. The Morgan fingerprint density at radius 2 is 2.43 bits per heavy atom. The Hall–Kier alpha value is -0.890. The molecule has 0 unspecified atom stereocenters. The van der Waals surface area contributed by atoms with Crippen molar-refractivity contribution in [3.8, 4) is 0 Å². The van der Waals surface area contributed by atoms with Crippen LogP contribution < -0.4 is 0 Å². The van der Waals surface area contributed by atoms with Gasteiger partial charge < -0.3 is 0 Å². The number of pyridine rings is 1. The minimum Gasteiger partial charge on any atom is -0.299 e. The Bertz CT molecular complexity index is 296. The average Bonchev–Trinajstić information content (AvgIpc) is 2.26. The highest BCUT2D eigenvalue weighted by atomic mass is 15.1. The second kappa shape index (κ2) is 4.56. The topological polar surface area (TPSA) is 16.1 Å². The summed E-state index contributed by atoms with van der Waals surface area (Å²) in [5.74, 6) is 0. The van der Waals surface area contributed by atoms with E-state index in [1.807, 2.05) is 12.3 Å². The van der Waals surface area contributed by atoms with Gasteiger partial charge in [-0.3, -0.25) is 9.88 Å². The van der Waals surface area contributed by atoms with E-state index in [9.17, 15) is 0 Å². The van der Waals surface area contributed by atoms with E-state index in [4.69, 9.17) is 0 Å². The second-order valence-electron chi connectivity index (χ2n) is 3.99. The SMILES string of the molecule is CCCCN1CCc2ncccc2C1. The van der Waals surface area contributed by atoms with Gasteiger partial charge in [0.2, 0.25) is 0 Å². The van der Waals surface area contributed by atoms with Gasteiger partial charge in [0, 0.05) is 31.4 Å². The largest absolute Gasteiger partial charge is 0.299 e. The van der Waals surface area contributed by atoms with E-state index in [0.717, 1.165) is 13.0 Å². The maximum absolute atomic E-state index is 4.41. The Kier molecular flexibility index (Phi) is 3.14. The highest BCUT2D eigenvalue weighted by Crippen LogP contribution is 2.16. The molecule has 1 aromatic rings. The van der Waals surface area contributed by atoms with E-state index in [0.29, 0.717) is 0 Å². The number of hydrogen-bond donors (Lipinski definition) is 0. The van der Waals surface area contributed by atoms with Crippen molar-refractivity contribution in [2.24, 2.45) is 0 Å². The molecule has 0 bridgehead atoms. The van der Waals surface area contributed by atoms with Crippen molar-refractivity contribution in [2.45, 2.75) is 32.7 Å². The molecule has 2 rings (SSSR count). The van der Waals surface area contributed by atoms with E-state index in [-0.39, 0.29) is 0 Å². The van der Waals surface area contributed by atoms with Gasteiger partial charge in [0.25, 0.3) is 0 Å². The minimum absolute atomic E-state index is 1.10. The van der Waals surface area contributed by atoms with Gasteiger partial charge in [-0.25, -0.2) is 0 Å². The number of fused-ring (bicyclic) bond motifs is 1. The maximum Gasteiger partial charge on any atom is 0.0461 e. The molecule has 0 radical (unpaired) electrons. The quantitative estimate of drug-likeness (QED) is 0.726. The lowest BCUT2D eigenvalue weighted by atomic mass is 10.1. The third-order valence-corrected chi connectivity index (χ3v) is 2.87. The summed E-state index contributed by atoms with van der Waals surface area (Å²) in [5.41, 5.74) is 2.73. The Morgan fingerprint density at radius 3 is 3.29 bits per heavy atom. The van der Waals surface area contributed by atoms with Gasteiger partial charge >= 0.3 is 0 Å². The van der Waals surface area contributed by atoms with Gasteiger partial charge in [-0.2, -0.15) is 0 Å². The zero-order valence-corrected chi connectivity index (χ0v) is 8.87. The normalized spacial score (nSPS) is 16.6. The smallest absolute Gasteiger partial charge is 0.0461 e. The van der Waals surface area contributed by atoms with Crippen molar-refractivity contribution in [1.29, 1.82) is 0 Å². The van der Waals surface area contributed by atoms with Crippen LogP contribution >= 0.6 is 0 Å². The Balaban J connectivity index is 1.99. The number of unbranched alkanes of at least 4 members (excludes halogenated alkanes) is 1. The predicted octanol–water partition coefficient (Wildman–Crippen LogP) is 2.24. The van der Waals surface area contributed by atoms with Crippen molar-refractivity contribution in [2.75, 3.05) is 13.1 Å². The molecule has 14 heavy (non-hydrogen) atoms. The number of aromatic nitrogens is 1. The molecule has 1 aliphatic rings. The molecule has 0 saturated carbocycles. The molecule has 2 nitrogen and oxygen atoms in total. The summed E-state index contributed by atoms with van der Waals surface area (Å²) < 4.78 is 0. The molecule has 1 aromatic heterocycles. The van der Waals surface area contributed by atoms with Gasteiger partial charge in [0.05, 0.1) is 0 Å². The van der Waals surface area contributed by atoms with Gasteiger partial charge in [-0.1, -0.05) is 19.4 Å². The van der Waals surface area contributed by atoms with Crippen molar-refractivity contribution in [3.05, 3.63) is 29.6 Å². The first-order valence-corrected chi connectivity index (χ1v) is 5.55. The van der Waals surface area contributed by atoms with E-state index in [1.165, 1.54) is 37.2 Å². The third kappa shape index (κ3) is 2.13. The van der Waals surface area contributed by atoms with E-state index in [2.05, 4.69) is 22.9 Å². The fraction of sp³-hybridized carbons (Fsp3) is 0.583. The zero-order chi connectivity index (χ0) is 9.80. The van der Waals surface area contributed by atoms with Crippen molar-refractivity contribution < 1.29 is 0 Å². The van der Waals surface area contributed by atoms with Crippen LogP contribution in [0.25, 0.3) is 0 Å².